The first kappa shape index (κ1) is 20.9. The molecule has 2 N–H and O–H groups in total. The predicted octanol–water partition coefficient (Wildman–Crippen LogP) is 1.38. The fraction of sp³-hybridized carbons (Fsp3) is 0.316. The first-order chi connectivity index (χ1) is 13.9. The average Bonchev–Trinajstić information content (AvgIpc) is 2.73. The third-order valence-corrected chi connectivity index (χ3v) is 6.44. The van der Waals surface area contributed by atoms with Gasteiger partial charge in [0.1, 0.15) is 11.6 Å². The van der Waals surface area contributed by atoms with Crippen LogP contribution in [0.25, 0.3) is 0 Å². The number of halogens is 1. The molecule has 3 rings (SSSR count). The molecule has 8 nitrogen and oxygen atoms in total. The number of amides is 2. The quantitative estimate of drug-likeness (QED) is 0.734. The lowest BCUT2D eigenvalue weighted by molar-refractivity contribution is -0.128. The second-order valence-corrected chi connectivity index (χ2v) is 8.58. The van der Waals surface area contributed by atoms with Crippen molar-refractivity contribution in [3.05, 3.63) is 54.5 Å². The highest BCUT2D eigenvalue weighted by atomic mass is 32.2. The molecule has 154 valence electrons. The van der Waals surface area contributed by atoms with E-state index >= 15 is 0 Å². The van der Waals surface area contributed by atoms with Crippen molar-refractivity contribution in [2.45, 2.75) is 17.7 Å². The van der Waals surface area contributed by atoms with E-state index in [4.69, 9.17) is 0 Å². The number of carbonyl (C=O) groups is 2. The second-order valence-electron chi connectivity index (χ2n) is 6.64. The number of sulfonamides is 1. The number of hydrogen-bond acceptors (Lipinski definition) is 5. The lowest BCUT2D eigenvalue weighted by atomic mass is 9.99. The molecule has 2 amide bonds. The number of piperidine rings is 1. The highest BCUT2D eigenvalue weighted by Crippen LogP contribution is 2.24. The molecule has 1 aromatic heterocycles. The van der Waals surface area contributed by atoms with Crippen LogP contribution in [0.15, 0.2) is 53.6 Å². The van der Waals surface area contributed by atoms with Gasteiger partial charge in [-0.25, -0.2) is 17.8 Å². The first-order valence-electron chi connectivity index (χ1n) is 9.10. The van der Waals surface area contributed by atoms with Crippen molar-refractivity contribution in [1.82, 2.24) is 14.6 Å². The summed E-state index contributed by atoms with van der Waals surface area (Å²) in [5.41, 5.74) is 0. The van der Waals surface area contributed by atoms with Crippen LogP contribution in [0.3, 0.4) is 0 Å². The van der Waals surface area contributed by atoms with Gasteiger partial charge in [-0.15, -0.1) is 0 Å². The van der Waals surface area contributed by atoms with E-state index in [9.17, 15) is 22.4 Å². The maximum absolute atomic E-state index is 13.1. The first-order valence-corrected chi connectivity index (χ1v) is 10.5. The predicted molar refractivity (Wildman–Crippen MR) is 104 cm³/mol. The van der Waals surface area contributed by atoms with Crippen LogP contribution in [-0.2, 0) is 19.6 Å². The number of pyridine rings is 1. The Morgan fingerprint density at radius 2 is 1.93 bits per heavy atom. The van der Waals surface area contributed by atoms with Crippen LogP contribution < -0.4 is 10.6 Å². The summed E-state index contributed by atoms with van der Waals surface area (Å²) in [5, 5.41) is 5.10. The summed E-state index contributed by atoms with van der Waals surface area (Å²) in [6.07, 6.45) is 2.56. The fourth-order valence-electron chi connectivity index (χ4n) is 3.07. The SMILES string of the molecule is O=C(CNC(=O)[C@@H]1CCCN(S(=O)(=O)c2ccc(F)cc2)C1)Nc1ccccn1. The maximum Gasteiger partial charge on any atom is 0.244 e. The summed E-state index contributed by atoms with van der Waals surface area (Å²) in [6.45, 7) is 0.0493. The molecule has 0 bridgehead atoms. The van der Waals surface area contributed by atoms with Gasteiger partial charge in [-0.1, -0.05) is 6.07 Å². The van der Waals surface area contributed by atoms with Crippen LogP contribution in [0.5, 0.6) is 0 Å². The zero-order chi connectivity index (χ0) is 20.9. The molecule has 29 heavy (non-hydrogen) atoms. The largest absolute Gasteiger partial charge is 0.347 e. The van der Waals surface area contributed by atoms with Gasteiger partial charge < -0.3 is 10.6 Å². The Bertz CT molecular complexity index is 967. The molecule has 0 aliphatic carbocycles. The van der Waals surface area contributed by atoms with Crippen LogP contribution in [-0.4, -0.2) is 49.2 Å². The summed E-state index contributed by atoms with van der Waals surface area (Å²) >= 11 is 0. The van der Waals surface area contributed by atoms with Gasteiger partial charge in [-0.05, 0) is 49.2 Å². The minimum Gasteiger partial charge on any atom is -0.347 e. The number of nitrogens with one attached hydrogen (secondary N) is 2. The van der Waals surface area contributed by atoms with Crippen molar-refractivity contribution in [3.8, 4) is 0 Å². The maximum atomic E-state index is 13.1. The molecule has 1 saturated heterocycles. The average molecular weight is 420 g/mol. The van der Waals surface area contributed by atoms with E-state index in [-0.39, 0.29) is 30.4 Å². The van der Waals surface area contributed by atoms with Crippen LogP contribution in [0, 0.1) is 11.7 Å². The third kappa shape index (κ3) is 5.36. The van der Waals surface area contributed by atoms with E-state index in [0.29, 0.717) is 18.7 Å². The van der Waals surface area contributed by atoms with E-state index in [1.807, 2.05) is 0 Å². The molecule has 2 heterocycles. The molecule has 0 saturated carbocycles. The van der Waals surface area contributed by atoms with Gasteiger partial charge in [0.2, 0.25) is 21.8 Å². The Balaban J connectivity index is 1.56. The summed E-state index contributed by atoms with van der Waals surface area (Å²) in [6, 6.07) is 9.64. The van der Waals surface area contributed by atoms with Crippen molar-refractivity contribution >= 4 is 27.7 Å². The minimum atomic E-state index is -3.82. The Morgan fingerprint density at radius 1 is 1.17 bits per heavy atom. The number of benzene rings is 1. The molecule has 1 aliphatic heterocycles. The van der Waals surface area contributed by atoms with Crippen LogP contribution in [0.1, 0.15) is 12.8 Å². The van der Waals surface area contributed by atoms with Crippen molar-refractivity contribution in [2.75, 3.05) is 25.0 Å². The molecular weight excluding hydrogens is 399 g/mol. The zero-order valence-electron chi connectivity index (χ0n) is 15.5. The van der Waals surface area contributed by atoms with E-state index < -0.39 is 27.7 Å². The summed E-state index contributed by atoms with van der Waals surface area (Å²) < 4.78 is 39.8. The molecule has 1 aromatic carbocycles. The molecular formula is C19H21FN4O4S. The number of nitrogens with zero attached hydrogens (tertiary/aromatic N) is 2. The smallest absolute Gasteiger partial charge is 0.244 e. The summed E-state index contributed by atoms with van der Waals surface area (Å²) in [4.78, 5) is 28.3. The highest BCUT2D eigenvalue weighted by Gasteiger charge is 2.33. The van der Waals surface area contributed by atoms with Gasteiger partial charge in [0.15, 0.2) is 0 Å². The van der Waals surface area contributed by atoms with Crippen molar-refractivity contribution < 1.29 is 22.4 Å². The molecule has 2 aromatic rings. The molecule has 10 heteroatoms. The molecule has 1 aliphatic rings. The molecule has 1 atom stereocenters. The van der Waals surface area contributed by atoms with E-state index in [1.165, 1.54) is 22.6 Å². The zero-order valence-corrected chi connectivity index (χ0v) is 16.4. The second kappa shape index (κ2) is 9.10. The standard InChI is InChI=1S/C19H21FN4O4S/c20-15-6-8-16(9-7-15)29(27,28)24-11-3-4-14(13-24)19(26)22-12-18(25)23-17-5-1-2-10-21-17/h1-2,5-10,14H,3-4,11-13H2,(H,22,26)(H,21,23,25)/t14-/m1/s1. The van der Waals surface area contributed by atoms with Crippen molar-refractivity contribution in [1.29, 1.82) is 0 Å². The topological polar surface area (TPSA) is 108 Å². The lowest BCUT2D eigenvalue weighted by Gasteiger charge is -2.31. The van der Waals surface area contributed by atoms with Crippen LogP contribution in [0.4, 0.5) is 10.2 Å². The molecule has 0 radical (unpaired) electrons. The Labute approximate surface area is 168 Å². The van der Waals surface area contributed by atoms with Crippen LogP contribution >= 0.6 is 0 Å². The highest BCUT2D eigenvalue weighted by molar-refractivity contribution is 7.89. The normalized spacial score (nSPS) is 17.5. The van der Waals surface area contributed by atoms with Gasteiger partial charge >= 0.3 is 0 Å². The number of carbonyl (C=O) groups excluding carboxylic acids is 2. The number of rotatable bonds is 6. The number of aromatic nitrogens is 1. The number of hydrogen-bond donors (Lipinski definition) is 2. The Hall–Kier alpha value is -2.85. The summed E-state index contributed by atoms with van der Waals surface area (Å²) in [7, 11) is -3.82. The van der Waals surface area contributed by atoms with Crippen LogP contribution in [0.2, 0.25) is 0 Å². The minimum absolute atomic E-state index is 0.00734. The lowest BCUT2D eigenvalue weighted by Crippen LogP contribution is -2.46. The molecule has 0 unspecified atom stereocenters. The van der Waals surface area contributed by atoms with Crippen molar-refractivity contribution in [3.63, 3.8) is 0 Å². The molecule has 1 fully saturated rings. The van der Waals surface area contributed by atoms with E-state index in [2.05, 4.69) is 15.6 Å². The van der Waals surface area contributed by atoms with E-state index in [0.717, 1.165) is 12.1 Å². The van der Waals surface area contributed by atoms with Gasteiger partial charge in [-0.2, -0.15) is 4.31 Å². The van der Waals surface area contributed by atoms with Gasteiger partial charge in [0.05, 0.1) is 17.4 Å². The molecule has 0 spiro atoms. The number of anilines is 1. The third-order valence-electron chi connectivity index (χ3n) is 4.56. The van der Waals surface area contributed by atoms with E-state index in [1.54, 1.807) is 18.2 Å². The Kier molecular flexibility index (Phi) is 6.55. The van der Waals surface area contributed by atoms with Crippen molar-refractivity contribution in [2.24, 2.45) is 5.92 Å². The Morgan fingerprint density at radius 3 is 2.62 bits per heavy atom. The van der Waals surface area contributed by atoms with Gasteiger partial charge in [0, 0.05) is 19.3 Å². The monoisotopic (exact) mass is 420 g/mol. The fourth-order valence-corrected chi connectivity index (χ4v) is 4.59. The van der Waals surface area contributed by atoms with Gasteiger partial charge in [0.25, 0.3) is 0 Å². The summed E-state index contributed by atoms with van der Waals surface area (Å²) in [5.74, 6) is -1.53. The van der Waals surface area contributed by atoms with Gasteiger partial charge in [-0.3, -0.25) is 9.59 Å².